The molecule has 7 heteroatoms. The minimum Gasteiger partial charge on any atom is -0.249 e. The van der Waals surface area contributed by atoms with Crippen LogP contribution in [0.1, 0.15) is 0 Å². The molecule has 2 heterocycles. The fourth-order valence-corrected chi connectivity index (χ4v) is 14.7. The van der Waals surface area contributed by atoms with E-state index in [1.54, 1.807) is 12.1 Å². The predicted octanol–water partition coefficient (Wildman–Crippen LogP) is 8.17. The second kappa shape index (κ2) is 10.4. The van der Waals surface area contributed by atoms with Gasteiger partial charge in [-0.05, 0) is 102 Å². The van der Waals surface area contributed by atoms with Crippen molar-refractivity contribution in [2.45, 2.75) is 49.0 Å². The predicted molar refractivity (Wildman–Crippen MR) is 172 cm³/mol. The number of hydrogen-bond acceptors (Lipinski definition) is 3. The third kappa shape index (κ3) is 4.25. The highest BCUT2D eigenvalue weighted by Gasteiger charge is 2.45. The van der Waals surface area contributed by atoms with Crippen molar-refractivity contribution < 1.29 is 12.6 Å². The summed E-state index contributed by atoms with van der Waals surface area (Å²) >= 11 is 0. The summed E-state index contributed by atoms with van der Waals surface area (Å²) in [4.78, 5) is 8.55. The Labute approximate surface area is 259 Å². The van der Waals surface area contributed by atoms with Crippen LogP contribution in [0, 0.1) is 0 Å². The molecular formula is C36H24O3S4+2. The van der Waals surface area contributed by atoms with Gasteiger partial charge in [0.2, 0.25) is 9.84 Å². The van der Waals surface area contributed by atoms with E-state index in [-0.39, 0.29) is 0 Å². The summed E-state index contributed by atoms with van der Waals surface area (Å²) in [6.45, 7) is 0. The molecule has 0 bridgehead atoms. The quantitative estimate of drug-likeness (QED) is 0.185. The van der Waals surface area contributed by atoms with Crippen molar-refractivity contribution in [2.24, 2.45) is 0 Å². The number of hydrogen-bond donors (Lipinski definition) is 0. The first kappa shape index (κ1) is 26.7. The summed E-state index contributed by atoms with van der Waals surface area (Å²) in [5.41, 5.74) is 1.81. The second-order valence-electron chi connectivity index (χ2n) is 10.2. The SMILES string of the molecule is O=S1c2ccccc2[S+](c2ccc(-c3ccc4c(c3)S(=O)(=O)c3ccccc3[S+]4c3ccccc3)cc2)c2ccccc21. The van der Waals surface area contributed by atoms with Crippen molar-refractivity contribution in [1.29, 1.82) is 0 Å². The highest BCUT2D eigenvalue weighted by molar-refractivity contribution is 8.00. The third-order valence-electron chi connectivity index (χ3n) is 7.75. The van der Waals surface area contributed by atoms with Crippen LogP contribution in [0.3, 0.4) is 0 Å². The molecule has 43 heavy (non-hydrogen) atoms. The molecule has 3 nitrogen and oxygen atoms in total. The van der Waals surface area contributed by atoms with Gasteiger partial charge >= 0.3 is 0 Å². The topological polar surface area (TPSA) is 51.2 Å². The molecule has 0 aliphatic carbocycles. The molecule has 1 atom stereocenters. The van der Waals surface area contributed by atoms with E-state index in [9.17, 15) is 12.6 Å². The lowest BCUT2D eigenvalue weighted by Crippen LogP contribution is -2.20. The lowest BCUT2D eigenvalue weighted by molar-refractivity contribution is 0.590. The maximum atomic E-state index is 14.0. The molecule has 0 fully saturated rings. The van der Waals surface area contributed by atoms with E-state index in [1.807, 2.05) is 84.9 Å². The largest absolute Gasteiger partial charge is 0.249 e. The molecule has 0 N–H and O–H groups in total. The van der Waals surface area contributed by atoms with Crippen molar-refractivity contribution in [2.75, 3.05) is 0 Å². The average Bonchev–Trinajstić information content (AvgIpc) is 3.06. The zero-order valence-corrected chi connectivity index (χ0v) is 26.0. The highest BCUT2D eigenvalue weighted by atomic mass is 32.2. The molecule has 0 saturated carbocycles. The van der Waals surface area contributed by atoms with Crippen molar-refractivity contribution >= 4 is 42.4 Å². The lowest BCUT2D eigenvalue weighted by atomic mass is 10.1. The molecule has 1 unspecified atom stereocenters. The first-order chi connectivity index (χ1) is 21.0. The maximum Gasteiger partial charge on any atom is 0.216 e. The van der Waals surface area contributed by atoms with E-state index in [1.165, 1.54) is 0 Å². The molecule has 0 aromatic heterocycles. The van der Waals surface area contributed by atoms with Gasteiger partial charge < -0.3 is 0 Å². The summed E-state index contributed by atoms with van der Waals surface area (Å²) in [6.07, 6.45) is 0. The monoisotopic (exact) mass is 632 g/mol. The zero-order chi connectivity index (χ0) is 29.1. The maximum absolute atomic E-state index is 14.0. The van der Waals surface area contributed by atoms with E-state index in [0.717, 1.165) is 50.3 Å². The third-order valence-corrected chi connectivity index (χ3v) is 16.3. The second-order valence-corrected chi connectivity index (χ2v) is 17.5. The Morgan fingerprint density at radius 3 is 1.60 bits per heavy atom. The Morgan fingerprint density at radius 2 is 0.930 bits per heavy atom. The molecule has 6 aromatic rings. The van der Waals surface area contributed by atoms with Gasteiger partial charge in [-0.1, -0.05) is 54.6 Å². The van der Waals surface area contributed by atoms with Gasteiger partial charge in [0, 0.05) is 0 Å². The zero-order valence-electron chi connectivity index (χ0n) is 22.7. The van der Waals surface area contributed by atoms with Gasteiger partial charge in [0.1, 0.15) is 31.6 Å². The van der Waals surface area contributed by atoms with E-state index in [4.69, 9.17) is 0 Å². The standard InChI is InChI=1S/C36H24O3S4/c37-42-31-14-6-4-12-29(31)40(30-13-5-7-15-32(30)42)28-21-18-25(19-22-28)26-20-23-34-36(24-26)43(38,39)35-17-9-8-16-33(35)41(34)27-10-2-1-3-11-27/h1-24H/q+2. The minimum absolute atomic E-state index is 0.374. The Balaban J connectivity index is 1.23. The van der Waals surface area contributed by atoms with Crippen LogP contribution in [0.25, 0.3) is 11.1 Å². The Kier molecular flexibility index (Phi) is 6.45. The number of benzene rings is 6. The molecule has 2 aliphatic rings. The van der Waals surface area contributed by atoms with Gasteiger partial charge in [0.25, 0.3) is 0 Å². The van der Waals surface area contributed by atoms with Crippen LogP contribution in [0.2, 0.25) is 0 Å². The van der Waals surface area contributed by atoms with Crippen LogP contribution in [-0.2, 0) is 42.4 Å². The Bertz CT molecular complexity index is 2130. The van der Waals surface area contributed by atoms with Gasteiger partial charge in [0.15, 0.2) is 29.4 Å². The fraction of sp³-hybridized carbons (Fsp3) is 0. The molecule has 208 valence electrons. The molecule has 0 spiro atoms. The summed E-state index contributed by atoms with van der Waals surface area (Å²) in [5, 5.41) is 0. The van der Waals surface area contributed by atoms with Gasteiger partial charge in [0.05, 0.1) is 20.6 Å². The van der Waals surface area contributed by atoms with Crippen LogP contribution in [-0.4, -0.2) is 12.6 Å². The fourth-order valence-electron chi connectivity index (χ4n) is 5.77. The number of fused-ring (bicyclic) bond motifs is 4. The number of sulfone groups is 1. The first-order valence-corrected chi connectivity index (χ1v) is 18.8. The lowest BCUT2D eigenvalue weighted by Gasteiger charge is -2.20. The Morgan fingerprint density at radius 1 is 0.442 bits per heavy atom. The number of rotatable bonds is 3. The molecular weight excluding hydrogens is 609 g/mol. The summed E-state index contributed by atoms with van der Waals surface area (Å²) in [7, 11) is -5.82. The van der Waals surface area contributed by atoms with E-state index < -0.39 is 42.4 Å². The van der Waals surface area contributed by atoms with E-state index in [2.05, 4.69) is 48.5 Å². The van der Waals surface area contributed by atoms with Gasteiger partial charge in [-0.3, -0.25) is 0 Å². The molecule has 2 aliphatic heterocycles. The van der Waals surface area contributed by atoms with Crippen LogP contribution >= 0.6 is 0 Å². The highest BCUT2D eigenvalue weighted by Crippen LogP contribution is 2.47. The van der Waals surface area contributed by atoms with Crippen LogP contribution < -0.4 is 0 Å². The average molecular weight is 633 g/mol. The van der Waals surface area contributed by atoms with Crippen LogP contribution in [0.15, 0.2) is 195 Å². The molecule has 0 amide bonds. The smallest absolute Gasteiger partial charge is 0.216 e. The summed E-state index contributed by atoms with van der Waals surface area (Å²) in [6, 6.07) is 47.8. The molecule has 8 rings (SSSR count). The van der Waals surface area contributed by atoms with E-state index in [0.29, 0.717) is 9.79 Å². The van der Waals surface area contributed by atoms with Crippen molar-refractivity contribution in [3.8, 4) is 11.1 Å². The van der Waals surface area contributed by atoms with Crippen LogP contribution in [0.4, 0.5) is 0 Å². The van der Waals surface area contributed by atoms with Gasteiger partial charge in [-0.25, -0.2) is 12.6 Å². The first-order valence-electron chi connectivity index (χ1n) is 13.7. The van der Waals surface area contributed by atoms with Gasteiger partial charge in [-0.15, -0.1) is 0 Å². The van der Waals surface area contributed by atoms with Gasteiger partial charge in [-0.2, -0.15) is 0 Å². The van der Waals surface area contributed by atoms with E-state index >= 15 is 0 Å². The summed E-state index contributed by atoms with van der Waals surface area (Å²) in [5.74, 6) is 0. The van der Waals surface area contributed by atoms with Crippen molar-refractivity contribution in [1.82, 2.24) is 0 Å². The Hall–Kier alpha value is -3.88. The molecule has 6 aromatic carbocycles. The van der Waals surface area contributed by atoms with Crippen molar-refractivity contribution in [3.05, 3.63) is 146 Å². The normalized spacial score (nSPS) is 19.4. The summed E-state index contributed by atoms with van der Waals surface area (Å²) < 4.78 is 41.3. The van der Waals surface area contributed by atoms with Crippen LogP contribution in [0.5, 0.6) is 0 Å². The molecule has 0 saturated heterocycles. The van der Waals surface area contributed by atoms with Crippen molar-refractivity contribution in [3.63, 3.8) is 0 Å². The minimum atomic E-state index is -3.69. The molecule has 0 radical (unpaired) electrons.